The van der Waals surface area contributed by atoms with Gasteiger partial charge < -0.3 is 0 Å². The molecule has 0 N–H and O–H groups in total. The fourth-order valence-corrected chi connectivity index (χ4v) is 2.97. The van der Waals surface area contributed by atoms with Gasteiger partial charge in [0.15, 0.2) is 0 Å². The number of rotatable bonds is 4. The summed E-state index contributed by atoms with van der Waals surface area (Å²) in [6, 6.07) is 12.5. The number of pyridine rings is 1. The maximum Gasteiger partial charge on any atom is 0.116 e. The molecule has 0 spiro atoms. The van der Waals surface area contributed by atoms with E-state index in [0.717, 1.165) is 35.5 Å². The predicted octanol–water partition coefficient (Wildman–Crippen LogP) is 4.77. The Hall–Kier alpha value is -2.55. The SMILES string of the molecule is CCCc1ncccc1-c1cc(-c2c(C)cccc2C)ncn1. The molecule has 1 aromatic carbocycles. The second-order valence-electron chi connectivity index (χ2n) is 5.80. The van der Waals surface area contributed by atoms with Crippen LogP contribution in [0.5, 0.6) is 0 Å². The number of aromatic nitrogens is 3. The number of hydrogen-bond donors (Lipinski definition) is 0. The largest absolute Gasteiger partial charge is 0.261 e. The highest BCUT2D eigenvalue weighted by Crippen LogP contribution is 2.29. The molecular formula is C20H21N3. The van der Waals surface area contributed by atoms with Crippen LogP contribution in [0.2, 0.25) is 0 Å². The molecule has 0 aliphatic carbocycles. The summed E-state index contributed by atoms with van der Waals surface area (Å²) in [4.78, 5) is 13.5. The molecule has 0 radical (unpaired) electrons. The summed E-state index contributed by atoms with van der Waals surface area (Å²) in [6.07, 6.45) is 5.53. The van der Waals surface area contributed by atoms with E-state index in [2.05, 4.69) is 66.1 Å². The standard InChI is InChI=1S/C20H21N3/c1-4-7-17-16(10-6-11-21-17)18-12-19(23-13-22-18)20-14(2)8-5-9-15(20)3/h5-6,8-13H,4,7H2,1-3H3. The Kier molecular flexibility index (Phi) is 4.47. The van der Waals surface area contributed by atoms with Crippen molar-refractivity contribution >= 4 is 0 Å². The van der Waals surface area contributed by atoms with Crippen LogP contribution in [0.4, 0.5) is 0 Å². The smallest absolute Gasteiger partial charge is 0.116 e. The van der Waals surface area contributed by atoms with E-state index in [0.29, 0.717) is 0 Å². The van der Waals surface area contributed by atoms with E-state index in [1.807, 2.05) is 12.3 Å². The van der Waals surface area contributed by atoms with E-state index in [1.54, 1.807) is 6.33 Å². The summed E-state index contributed by atoms with van der Waals surface area (Å²) < 4.78 is 0. The molecule has 3 nitrogen and oxygen atoms in total. The highest BCUT2D eigenvalue weighted by atomic mass is 14.8. The quantitative estimate of drug-likeness (QED) is 0.696. The Morgan fingerprint density at radius 3 is 2.35 bits per heavy atom. The number of hydrogen-bond acceptors (Lipinski definition) is 3. The molecule has 0 unspecified atom stereocenters. The molecule has 3 heteroatoms. The van der Waals surface area contributed by atoms with Crippen molar-refractivity contribution in [3.63, 3.8) is 0 Å². The Labute approximate surface area is 137 Å². The lowest BCUT2D eigenvalue weighted by molar-refractivity contribution is 0.883. The van der Waals surface area contributed by atoms with Crippen molar-refractivity contribution in [2.24, 2.45) is 0 Å². The van der Waals surface area contributed by atoms with Crippen molar-refractivity contribution in [1.82, 2.24) is 15.0 Å². The zero-order chi connectivity index (χ0) is 16.2. The molecule has 0 saturated carbocycles. The van der Waals surface area contributed by atoms with Crippen molar-refractivity contribution < 1.29 is 0 Å². The molecule has 2 aromatic heterocycles. The number of benzene rings is 1. The van der Waals surface area contributed by atoms with Gasteiger partial charge in [-0.3, -0.25) is 4.98 Å². The molecule has 23 heavy (non-hydrogen) atoms. The number of aryl methyl sites for hydroxylation is 3. The Morgan fingerprint density at radius 1 is 0.870 bits per heavy atom. The maximum absolute atomic E-state index is 4.52. The molecule has 3 aromatic rings. The van der Waals surface area contributed by atoms with Crippen LogP contribution in [-0.4, -0.2) is 15.0 Å². The molecule has 2 heterocycles. The third-order valence-electron chi connectivity index (χ3n) is 4.06. The first-order valence-corrected chi connectivity index (χ1v) is 8.03. The topological polar surface area (TPSA) is 38.7 Å². The molecule has 3 rings (SSSR count). The van der Waals surface area contributed by atoms with E-state index < -0.39 is 0 Å². The van der Waals surface area contributed by atoms with Crippen molar-refractivity contribution in [1.29, 1.82) is 0 Å². The highest BCUT2D eigenvalue weighted by Gasteiger charge is 2.11. The van der Waals surface area contributed by atoms with Crippen molar-refractivity contribution in [3.05, 3.63) is 65.7 Å². The van der Waals surface area contributed by atoms with E-state index in [-0.39, 0.29) is 0 Å². The van der Waals surface area contributed by atoms with E-state index in [9.17, 15) is 0 Å². The predicted molar refractivity (Wildman–Crippen MR) is 94.2 cm³/mol. The lowest BCUT2D eigenvalue weighted by Gasteiger charge is -2.11. The number of nitrogens with zero attached hydrogens (tertiary/aromatic N) is 3. The van der Waals surface area contributed by atoms with Gasteiger partial charge in [0, 0.05) is 23.0 Å². The van der Waals surface area contributed by atoms with Crippen LogP contribution in [0.1, 0.15) is 30.2 Å². The van der Waals surface area contributed by atoms with Gasteiger partial charge in [0.25, 0.3) is 0 Å². The minimum absolute atomic E-state index is 0.939. The molecule has 0 aliphatic rings. The lowest BCUT2D eigenvalue weighted by atomic mass is 9.98. The van der Waals surface area contributed by atoms with Crippen LogP contribution in [0, 0.1) is 13.8 Å². The zero-order valence-corrected chi connectivity index (χ0v) is 13.9. The Balaban J connectivity index is 2.11. The molecule has 116 valence electrons. The van der Waals surface area contributed by atoms with E-state index in [4.69, 9.17) is 0 Å². The molecule has 0 amide bonds. The normalized spacial score (nSPS) is 10.7. The minimum atomic E-state index is 0.939. The highest BCUT2D eigenvalue weighted by molar-refractivity contribution is 5.72. The summed E-state index contributed by atoms with van der Waals surface area (Å²) >= 11 is 0. The van der Waals surface area contributed by atoms with Crippen molar-refractivity contribution in [3.8, 4) is 22.5 Å². The third-order valence-corrected chi connectivity index (χ3v) is 4.06. The van der Waals surface area contributed by atoms with Gasteiger partial charge in [0.2, 0.25) is 0 Å². The minimum Gasteiger partial charge on any atom is -0.261 e. The summed E-state index contributed by atoms with van der Waals surface area (Å²) in [7, 11) is 0. The third kappa shape index (κ3) is 3.14. The maximum atomic E-state index is 4.52. The summed E-state index contributed by atoms with van der Waals surface area (Å²) in [5, 5.41) is 0. The van der Waals surface area contributed by atoms with Gasteiger partial charge in [-0.2, -0.15) is 0 Å². The molecular weight excluding hydrogens is 282 g/mol. The second kappa shape index (κ2) is 6.69. The molecule has 0 atom stereocenters. The van der Waals surface area contributed by atoms with Crippen LogP contribution in [0.3, 0.4) is 0 Å². The summed E-state index contributed by atoms with van der Waals surface area (Å²) in [5.41, 5.74) is 7.76. The molecule has 0 saturated heterocycles. The molecule has 0 bridgehead atoms. The Bertz CT molecular complexity index is 804. The van der Waals surface area contributed by atoms with Gasteiger partial charge in [0.05, 0.1) is 11.4 Å². The van der Waals surface area contributed by atoms with Gasteiger partial charge >= 0.3 is 0 Å². The first kappa shape index (κ1) is 15.3. The van der Waals surface area contributed by atoms with Gasteiger partial charge in [-0.25, -0.2) is 9.97 Å². The van der Waals surface area contributed by atoms with Crippen LogP contribution in [-0.2, 0) is 6.42 Å². The van der Waals surface area contributed by atoms with E-state index in [1.165, 1.54) is 16.7 Å². The fraction of sp³-hybridized carbons (Fsp3) is 0.250. The molecule has 0 fully saturated rings. The van der Waals surface area contributed by atoms with Gasteiger partial charge in [-0.15, -0.1) is 0 Å². The second-order valence-corrected chi connectivity index (χ2v) is 5.80. The molecule has 0 aliphatic heterocycles. The zero-order valence-electron chi connectivity index (χ0n) is 13.9. The summed E-state index contributed by atoms with van der Waals surface area (Å²) in [5.74, 6) is 0. The average Bonchev–Trinajstić information content (AvgIpc) is 2.56. The first-order chi connectivity index (χ1) is 11.2. The van der Waals surface area contributed by atoms with Crippen LogP contribution in [0.25, 0.3) is 22.5 Å². The van der Waals surface area contributed by atoms with Crippen molar-refractivity contribution in [2.45, 2.75) is 33.6 Å². The van der Waals surface area contributed by atoms with Gasteiger partial charge in [0.1, 0.15) is 6.33 Å². The van der Waals surface area contributed by atoms with Crippen molar-refractivity contribution in [2.75, 3.05) is 0 Å². The summed E-state index contributed by atoms with van der Waals surface area (Å²) in [6.45, 7) is 6.41. The van der Waals surface area contributed by atoms with Gasteiger partial charge in [-0.1, -0.05) is 31.5 Å². The Morgan fingerprint density at radius 2 is 1.61 bits per heavy atom. The van der Waals surface area contributed by atoms with Crippen LogP contribution in [0.15, 0.2) is 48.9 Å². The van der Waals surface area contributed by atoms with Crippen LogP contribution >= 0.6 is 0 Å². The van der Waals surface area contributed by atoms with E-state index >= 15 is 0 Å². The monoisotopic (exact) mass is 303 g/mol. The van der Waals surface area contributed by atoms with Crippen LogP contribution < -0.4 is 0 Å². The van der Waals surface area contributed by atoms with Gasteiger partial charge in [-0.05, 0) is 49.6 Å². The average molecular weight is 303 g/mol. The first-order valence-electron chi connectivity index (χ1n) is 8.03. The fourth-order valence-electron chi connectivity index (χ4n) is 2.97. The lowest BCUT2D eigenvalue weighted by Crippen LogP contribution is -1.97.